The maximum atomic E-state index is 14.6. The number of likely N-dealkylation sites (N-methyl/N-ethyl adjacent to an activating group) is 1. The van der Waals surface area contributed by atoms with E-state index in [4.69, 9.17) is 19.2 Å². The average Bonchev–Trinajstić information content (AvgIpc) is 3.67. The molecule has 0 unspecified atom stereocenters. The zero-order valence-electron chi connectivity index (χ0n) is 38.9. The summed E-state index contributed by atoms with van der Waals surface area (Å²) in [5.74, 6) is 0.331. The highest BCUT2D eigenvalue weighted by Crippen LogP contribution is 2.31. The predicted molar refractivity (Wildman–Crippen MR) is 234 cm³/mol. The molecule has 1 aromatic rings. The summed E-state index contributed by atoms with van der Waals surface area (Å²) in [6.45, 7) is 20.4. The van der Waals surface area contributed by atoms with E-state index in [1.54, 1.807) is 31.1 Å². The number of nitrogens with zero attached hydrogens (tertiary/aromatic N) is 6. The Morgan fingerprint density at radius 2 is 1.47 bits per heavy atom. The zero-order valence-corrected chi connectivity index (χ0v) is 38.9. The molecule has 1 aromatic carbocycles. The lowest BCUT2D eigenvalue weighted by Crippen LogP contribution is -2.56. The van der Waals surface area contributed by atoms with E-state index >= 15 is 0 Å². The lowest BCUT2D eigenvalue weighted by Gasteiger charge is -2.41. The number of hydrogen-bond donors (Lipinski definition) is 0. The number of carbonyl (C=O) groups excluding carboxylic acids is 4. The van der Waals surface area contributed by atoms with Gasteiger partial charge in [0.05, 0.1) is 30.7 Å². The second-order valence-corrected chi connectivity index (χ2v) is 18.5. The van der Waals surface area contributed by atoms with Crippen molar-refractivity contribution < 1.29 is 33.4 Å². The second kappa shape index (κ2) is 22.8. The summed E-state index contributed by atoms with van der Waals surface area (Å²) in [5.41, 5.74) is 0.639. The van der Waals surface area contributed by atoms with Crippen LogP contribution in [0, 0.1) is 23.7 Å². The molecule has 0 aliphatic carbocycles. The average molecular weight is 827 g/mol. The van der Waals surface area contributed by atoms with Crippen LogP contribution in [-0.4, -0.2) is 158 Å². The Morgan fingerprint density at radius 3 is 2.00 bits per heavy atom. The molecule has 0 N–H and O–H groups in total. The fourth-order valence-corrected chi connectivity index (χ4v) is 8.68. The summed E-state index contributed by atoms with van der Waals surface area (Å²) < 4.78 is 17.8. The number of rotatable bonds is 18. The van der Waals surface area contributed by atoms with Gasteiger partial charge in [-0.1, -0.05) is 78.3 Å². The van der Waals surface area contributed by atoms with E-state index in [0.29, 0.717) is 45.1 Å². The van der Waals surface area contributed by atoms with Crippen molar-refractivity contribution in [2.24, 2.45) is 28.7 Å². The van der Waals surface area contributed by atoms with Crippen molar-refractivity contribution >= 4 is 29.7 Å². The first kappa shape index (κ1) is 49.7. The van der Waals surface area contributed by atoms with Gasteiger partial charge in [0.15, 0.2) is 5.96 Å². The molecule has 0 spiro atoms. The van der Waals surface area contributed by atoms with E-state index in [1.807, 2.05) is 83.6 Å². The molecule has 334 valence electrons. The Kier molecular flexibility index (Phi) is 19.2. The molecule has 13 heteroatoms. The van der Waals surface area contributed by atoms with Crippen LogP contribution in [0.3, 0.4) is 0 Å². The molecule has 0 bridgehead atoms. The molecule has 0 saturated carbocycles. The van der Waals surface area contributed by atoms with Gasteiger partial charge in [0, 0.05) is 80.4 Å². The van der Waals surface area contributed by atoms with Crippen molar-refractivity contribution in [3.63, 3.8) is 0 Å². The number of benzene rings is 1. The third-order valence-electron chi connectivity index (χ3n) is 12.1. The summed E-state index contributed by atoms with van der Waals surface area (Å²) in [5, 5.41) is 0. The predicted octanol–water partition coefficient (Wildman–Crippen LogP) is 6.24. The standard InChI is InChI=1S/C46H78N6O7/c1-15-33(5)41(49(12)43(55)40(31(2)3)47-44(48(10)11)50-24-26-51(27-25-50)45(56)59-46(7,8)9)38(57-13)30-39(54)52-23-19-22-36(52)42(58-14)34(6)37(53)29-32(4)28-35-20-17-16-18-21-35/h16-18,20-21,31-34,36,38,40-42H,15,19,22-30H2,1-14H3/t32-,33+,34+,36+,38-,40+,41+,42-/m1/s1. The quantitative estimate of drug-likeness (QED) is 0.125. The van der Waals surface area contributed by atoms with Crippen molar-refractivity contribution in [2.45, 2.75) is 137 Å². The van der Waals surface area contributed by atoms with Crippen molar-refractivity contribution in [1.82, 2.24) is 24.5 Å². The Hall–Kier alpha value is -3.71. The molecular formula is C46H78N6O7. The monoisotopic (exact) mass is 827 g/mol. The highest BCUT2D eigenvalue weighted by atomic mass is 16.6. The number of aliphatic imine (C=N–C) groups is 1. The maximum absolute atomic E-state index is 14.6. The fraction of sp³-hybridized carbons (Fsp3) is 0.761. The molecule has 0 aromatic heterocycles. The number of guanidine groups is 1. The molecular weight excluding hydrogens is 749 g/mol. The first-order valence-electron chi connectivity index (χ1n) is 21.9. The van der Waals surface area contributed by atoms with Crippen LogP contribution in [0.15, 0.2) is 35.3 Å². The van der Waals surface area contributed by atoms with Crippen molar-refractivity contribution in [3.8, 4) is 0 Å². The largest absolute Gasteiger partial charge is 0.444 e. The molecule has 3 rings (SSSR count). The highest BCUT2D eigenvalue weighted by Gasteiger charge is 2.43. The Balaban J connectivity index is 1.77. The normalized spacial score (nSPS) is 20.1. The summed E-state index contributed by atoms with van der Waals surface area (Å²) >= 11 is 0. The highest BCUT2D eigenvalue weighted by molar-refractivity contribution is 5.88. The minimum absolute atomic E-state index is 0.0179. The number of hydrogen-bond acceptors (Lipinski definition) is 8. The van der Waals surface area contributed by atoms with Crippen molar-refractivity contribution in [3.05, 3.63) is 35.9 Å². The molecule has 2 saturated heterocycles. The molecule has 3 amide bonds. The molecule has 8 atom stereocenters. The lowest BCUT2D eigenvalue weighted by atomic mass is 9.86. The van der Waals surface area contributed by atoms with Gasteiger partial charge in [-0.2, -0.15) is 0 Å². The van der Waals surface area contributed by atoms with Gasteiger partial charge in [-0.25, -0.2) is 9.79 Å². The van der Waals surface area contributed by atoms with E-state index in [0.717, 1.165) is 25.7 Å². The summed E-state index contributed by atoms with van der Waals surface area (Å²) in [4.78, 5) is 69.9. The van der Waals surface area contributed by atoms with Crippen LogP contribution >= 0.6 is 0 Å². The number of methoxy groups -OCH3 is 2. The van der Waals surface area contributed by atoms with Crippen molar-refractivity contribution in [1.29, 1.82) is 0 Å². The van der Waals surface area contributed by atoms with Crippen molar-refractivity contribution in [2.75, 3.05) is 68.1 Å². The number of ether oxygens (including phenoxy) is 3. The number of ketones is 1. The van der Waals surface area contributed by atoms with Crippen LogP contribution in [0.2, 0.25) is 0 Å². The first-order chi connectivity index (χ1) is 27.7. The van der Waals surface area contributed by atoms with Gasteiger partial charge in [0.25, 0.3) is 0 Å². The number of carbonyl (C=O) groups is 4. The van der Waals surface area contributed by atoms with Crippen LogP contribution in [0.4, 0.5) is 4.79 Å². The molecule has 2 fully saturated rings. The lowest BCUT2D eigenvalue weighted by molar-refractivity contribution is -0.146. The van der Waals surface area contributed by atoms with Gasteiger partial charge in [-0.15, -0.1) is 0 Å². The molecule has 59 heavy (non-hydrogen) atoms. The van der Waals surface area contributed by atoms with E-state index in [9.17, 15) is 19.2 Å². The molecule has 2 aliphatic rings. The topological polar surface area (TPSA) is 125 Å². The number of amides is 3. The minimum Gasteiger partial charge on any atom is -0.444 e. The number of piperazine rings is 1. The molecule has 2 heterocycles. The van der Waals surface area contributed by atoms with Crippen LogP contribution in [0.5, 0.6) is 0 Å². The van der Waals surface area contributed by atoms with Gasteiger partial charge in [-0.3, -0.25) is 14.4 Å². The van der Waals surface area contributed by atoms with Crippen LogP contribution in [0.25, 0.3) is 0 Å². The minimum atomic E-state index is -0.694. The van der Waals surface area contributed by atoms with E-state index in [2.05, 4.69) is 37.8 Å². The smallest absolute Gasteiger partial charge is 0.410 e. The van der Waals surface area contributed by atoms with E-state index < -0.39 is 29.9 Å². The fourth-order valence-electron chi connectivity index (χ4n) is 8.68. The SMILES string of the molecule is CC[C@H](C)[C@@H]([C@@H](CC(=O)N1CCC[C@H]1[C@H](OC)[C@@H](C)C(=O)C[C@H](C)Cc1ccccc1)OC)N(C)C(=O)[C@@H](N=C(N(C)C)N1CCN(C(=O)OC(C)(C)C)CC1)C(C)C. The van der Waals surface area contributed by atoms with E-state index in [1.165, 1.54) is 5.56 Å². The van der Waals surface area contributed by atoms with Gasteiger partial charge in [0.1, 0.15) is 17.4 Å². The maximum Gasteiger partial charge on any atom is 0.410 e. The van der Waals surface area contributed by atoms with Gasteiger partial charge < -0.3 is 38.7 Å². The van der Waals surface area contributed by atoms with Gasteiger partial charge >= 0.3 is 6.09 Å². The Morgan fingerprint density at radius 1 is 0.864 bits per heavy atom. The number of Topliss-reactive ketones (excluding diaryl/α,β-unsaturated/α-hetero) is 1. The summed E-state index contributed by atoms with van der Waals surface area (Å²) in [6.07, 6.45) is 2.39. The summed E-state index contributed by atoms with van der Waals surface area (Å²) in [7, 11) is 8.90. The van der Waals surface area contributed by atoms with Crippen LogP contribution in [0.1, 0.15) is 100.0 Å². The first-order valence-corrected chi connectivity index (χ1v) is 21.9. The molecule has 13 nitrogen and oxygen atoms in total. The van der Waals surface area contributed by atoms with E-state index in [-0.39, 0.29) is 59.8 Å². The molecule has 0 radical (unpaired) electrons. The van der Waals surface area contributed by atoms with Gasteiger partial charge in [0.2, 0.25) is 11.8 Å². The zero-order chi connectivity index (χ0) is 44.2. The van der Waals surface area contributed by atoms with Crippen LogP contribution < -0.4 is 0 Å². The molecule has 2 aliphatic heterocycles. The van der Waals surface area contributed by atoms with Crippen LogP contribution in [-0.2, 0) is 35.0 Å². The Bertz CT molecular complexity index is 1520. The second-order valence-electron chi connectivity index (χ2n) is 18.5. The van der Waals surface area contributed by atoms with Gasteiger partial charge in [-0.05, 0) is 63.4 Å². The third kappa shape index (κ3) is 13.9. The number of likely N-dealkylation sites (tertiary alicyclic amines) is 1. The Labute approximate surface area is 356 Å². The summed E-state index contributed by atoms with van der Waals surface area (Å²) in [6, 6.07) is 8.90. The third-order valence-corrected chi connectivity index (χ3v) is 12.1.